The summed E-state index contributed by atoms with van der Waals surface area (Å²) in [6.45, 7) is 0. The van der Waals surface area contributed by atoms with Crippen LogP contribution < -0.4 is 5.73 Å². The van der Waals surface area contributed by atoms with Gasteiger partial charge in [0.05, 0.1) is 16.6 Å². The number of aromatic nitrogens is 4. The number of aryl methyl sites for hydroxylation is 1. The Hall–Kier alpha value is -3.87. The van der Waals surface area contributed by atoms with Gasteiger partial charge in [0, 0.05) is 29.9 Å². The second kappa shape index (κ2) is 6.57. The molecule has 2 aromatic carbocycles. The number of halogens is 1. The van der Waals surface area contributed by atoms with E-state index in [4.69, 9.17) is 5.73 Å². The van der Waals surface area contributed by atoms with Gasteiger partial charge in [-0.15, -0.1) is 0 Å². The van der Waals surface area contributed by atoms with Crippen LogP contribution in [-0.4, -0.2) is 24.2 Å². The summed E-state index contributed by atoms with van der Waals surface area (Å²) in [6.07, 6.45) is 8.22. The summed E-state index contributed by atoms with van der Waals surface area (Å²) in [5.41, 5.74) is 11.1. The molecule has 1 unspecified atom stereocenters. The van der Waals surface area contributed by atoms with E-state index in [-0.39, 0.29) is 11.8 Å². The van der Waals surface area contributed by atoms with Crippen molar-refractivity contribution in [3.05, 3.63) is 78.1 Å². The van der Waals surface area contributed by atoms with E-state index >= 15 is 0 Å². The number of nitrogens with two attached hydrogens (primary N) is 1. The van der Waals surface area contributed by atoms with Crippen molar-refractivity contribution in [3.8, 4) is 11.4 Å². The molecule has 0 saturated heterocycles. The molecule has 31 heavy (non-hydrogen) atoms. The highest BCUT2D eigenvalue weighted by Crippen LogP contribution is 2.38. The smallest absolute Gasteiger partial charge is 0.147 e. The third-order valence-electron chi connectivity index (χ3n) is 6.32. The minimum atomic E-state index is -0.478. The zero-order chi connectivity index (χ0) is 21.1. The molecule has 5 aromatic rings. The van der Waals surface area contributed by atoms with Crippen molar-refractivity contribution in [3.63, 3.8) is 0 Å². The summed E-state index contributed by atoms with van der Waals surface area (Å²) in [6, 6.07) is 13.1. The topological polar surface area (TPSA) is 81.9 Å². The van der Waals surface area contributed by atoms with Crippen LogP contribution >= 0.6 is 0 Å². The van der Waals surface area contributed by atoms with Gasteiger partial charge in [-0.05, 0) is 42.5 Å². The van der Waals surface area contributed by atoms with Gasteiger partial charge in [-0.25, -0.2) is 14.4 Å². The van der Waals surface area contributed by atoms with E-state index in [2.05, 4.69) is 38.8 Å². The quantitative estimate of drug-likeness (QED) is 0.445. The van der Waals surface area contributed by atoms with Crippen LogP contribution in [0.2, 0.25) is 0 Å². The van der Waals surface area contributed by atoms with Crippen molar-refractivity contribution in [2.24, 2.45) is 0 Å². The lowest BCUT2D eigenvalue weighted by molar-refractivity contribution is 0.452. The lowest BCUT2D eigenvalue weighted by atomic mass is 9.88. The van der Waals surface area contributed by atoms with Crippen molar-refractivity contribution in [2.45, 2.75) is 25.3 Å². The molecule has 0 aliphatic heterocycles. The number of hydrogen-bond acceptors (Lipinski definition) is 4. The van der Waals surface area contributed by atoms with Crippen LogP contribution in [0, 0.1) is 5.82 Å². The van der Waals surface area contributed by atoms with E-state index in [1.807, 2.05) is 17.0 Å². The highest BCUT2D eigenvalue weighted by Gasteiger charge is 2.25. The number of nitrogens with zero attached hydrogens (tertiary/aromatic N) is 4. The normalized spacial score (nSPS) is 16.1. The number of hydrogen-bond donors (Lipinski definition) is 2. The number of anilines is 1. The third kappa shape index (κ3) is 2.70. The molecular formula is C24H20FN5O. The lowest BCUT2D eigenvalue weighted by Crippen LogP contribution is -2.18. The molecule has 0 amide bonds. The third-order valence-corrected chi connectivity index (χ3v) is 6.32. The number of phenolic OH excluding ortho intramolecular Hbond substituents is 1. The lowest BCUT2D eigenvalue weighted by Gasteiger charge is -2.26. The van der Waals surface area contributed by atoms with E-state index in [1.165, 1.54) is 23.5 Å². The summed E-state index contributed by atoms with van der Waals surface area (Å²) < 4.78 is 17.8. The van der Waals surface area contributed by atoms with Crippen LogP contribution in [0.1, 0.15) is 23.6 Å². The fraction of sp³-hybridized carbons (Fsp3) is 0.167. The van der Waals surface area contributed by atoms with Gasteiger partial charge in [-0.2, -0.15) is 0 Å². The van der Waals surface area contributed by atoms with Crippen molar-refractivity contribution >= 4 is 27.8 Å². The first-order chi connectivity index (χ1) is 15.1. The molecule has 7 heteroatoms. The molecular weight excluding hydrogens is 393 g/mol. The molecule has 6 nitrogen and oxygen atoms in total. The van der Waals surface area contributed by atoms with Crippen LogP contribution in [0.5, 0.6) is 5.75 Å². The zero-order valence-electron chi connectivity index (χ0n) is 16.7. The largest absolute Gasteiger partial charge is 0.506 e. The molecule has 0 bridgehead atoms. The van der Waals surface area contributed by atoms with E-state index in [0.29, 0.717) is 16.7 Å². The molecule has 1 aliphatic rings. The second-order valence-electron chi connectivity index (χ2n) is 8.09. The van der Waals surface area contributed by atoms with Gasteiger partial charge in [0.25, 0.3) is 0 Å². The number of aromatic hydroxyl groups is 1. The monoisotopic (exact) mass is 413 g/mol. The van der Waals surface area contributed by atoms with Crippen LogP contribution in [0.15, 0.2) is 61.2 Å². The van der Waals surface area contributed by atoms with Crippen molar-refractivity contribution in [1.29, 1.82) is 0 Å². The van der Waals surface area contributed by atoms with E-state index in [1.54, 1.807) is 6.07 Å². The summed E-state index contributed by atoms with van der Waals surface area (Å²) in [7, 11) is 0. The Balaban J connectivity index is 1.57. The fourth-order valence-corrected chi connectivity index (χ4v) is 4.89. The van der Waals surface area contributed by atoms with Gasteiger partial charge in [0.2, 0.25) is 0 Å². The number of nitrogen functional groups attached to an aromatic ring is 1. The average molecular weight is 413 g/mol. The summed E-state index contributed by atoms with van der Waals surface area (Å²) >= 11 is 0. The molecule has 1 atom stereocenters. The van der Waals surface area contributed by atoms with Crippen LogP contribution in [0.3, 0.4) is 0 Å². The molecule has 0 radical (unpaired) electrons. The molecule has 154 valence electrons. The Kier molecular flexibility index (Phi) is 3.80. The van der Waals surface area contributed by atoms with Crippen molar-refractivity contribution < 1.29 is 9.50 Å². The first kappa shape index (κ1) is 17.9. The predicted octanol–water partition coefficient (Wildman–Crippen LogP) is 4.53. The van der Waals surface area contributed by atoms with E-state index in [0.717, 1.165) is 42.0 Å². The van der Waals surface area contributed by atoms with Gasteiger partial charge in [-0.3, -0.25) is 0 Å². The summed E-state index contributed by atoms with van der Waals surface area (Å²) in [5.74, 6) is -0.227. The molecule has 0 fully saturated rings. The molecule has 1 aliphatic carbocycles. The molecule has 3 aromatic heterocycles. The molecule has 0 saturated carbocycles. The van der Waals surface area contributed by atoms with Crippen molar-refractivity contribution in [1.82, 2.24) is 19.1 Å². The highest BCUT2D eigenvalue weighted by atomic mass is 19.1. The van der Waals surface area contributed by atoms with Gasteiger partial charge < -0.3 is 20.0 Å². The molecule has 0 spiro atoms. The van der Waals surface area contributed by atoms with E-state index in [9.17, 15) is 9.50 Å². The summed E-state index contributed by atoms with van der Waals surface area (Å²) in [5, 5.41) is 11.8. The van der Waals surface area contributed by atoms with Crippen molar-refractivity contribution in [2.75, 3.05) is 5.73 Å². The number of fused-ring (bicyclic) bond motifs is 3. The van der Waals surface area contributed by atoms with Crippen LogP contribution in [0.25, 0.3) is 27.6 Å². The van der Waals surface area contributed by atoms with Crippen LogP contribution in [0.4, 0.5) is 10.2 Å². The van der Waals surface area contributed by atoms with Gasteiger partial charge in [0.1, 0.15) is 29.4 Å². The molecule has 3 N–H and O–H groups in total. The number of benzene rings is 2. The second-order valence-corrected chi connectivity index (χ2v) is 8.09. The average Bonchev–Trinajstić information content (AvgIpc) is 3.36. The maximum atomic E-state index is 13.8. The predicted molar refractivity (Wildman–Crippen MR) is 118 cm³/mol. The standard InChI is InChI=1S/C24H20FN5O/c25-17-9-16-7-8-29(22(16)20(31)11-17)19-12-30(24-21(19)23(26)27-13-28-24)18-6-5-14-3-1-2-4-15(14)10-18/h1-4,7-9,11-13,18,31H,5-6,10H2,(H2,26,27,28). The summed E-state index contributed by atoms with van der Waals surface area (Å²) in [4.78, 5) is 8.76. The van der Waals surface area contributed by atoms with Gasteiger partial charge in [-0.1, -0.05) is 24.3 Å². The highest BCUT2D eigenvalue weighted by molar-refractivity contribution is 5.97. The Morgan fingerprint density at radius 2 is 1.94 bits per heavy atom. The maximum Gasteiger partial charge on any atom is 0.147 e. The Morgan fingerprint density at radius 3 is 2.81 bits per heavy atom. The minimum absolute atomic E-state index is 0.122. The maximum absolute atomic E-state index is 13.8. The zero-order valence-corrected chi connectivity index (χ0v) is 16.7. The van der Waals surface area contributed by atoms with E-state index < -0.39 is 5.82 Å². The molecule has 6 rings (SSSR count). The Morgan fingerprint density at radius 1 is 1.10 bits per heavy atom. The number of rotatable bonds is 2. The number of phenols is 1. The Labute approximate surface area is 177 Å². The van der Waals surface area contributed by atoms with Gasteiger partial charge >= 0.3 is 0 Å². The first-order valence-electron chi connectivity index (χ1n) is 10.3. The fourth-order valence-electron chi connectivity index (χ4n) is 4.89. The SMILES string of the molecule is Nc1ncnc2c1c(-n1ccc3cc(F)cc(O)c31)cn2C1CCc2ccccc2C1. The first-order valence-corrected chi connectivity index (χ1v) is 10.3. The Bertz CT molecular complexity index is 1470. The minimum Gasteiger partial charge on any atom is -0.506 e. The van der Waals surface area contributed by atoms with Crippen LogP contribution in [-0.2, 0) is 12.8 Å². The van der Waals surface area contributed by atoms with Gasteiger partial charge in [0.15, 0.2) is 0 Å². The molecule has 3 heterocycles.